The lowest BCUT2D eigenvalue weighted by Crippen LogP contribution is -2.63. The number of anilines is 3. The zero-order valence-corrected chi connectivity index (χ0v) is 52.6. The number of ether oxygens (including phenoxy) is 6. The lowest BCUT2D eigenvalue weighted by atomic mass is 9.83. The molecule has 23 nitrogen and oxygen atoms in total. The van der Waals surface area contributed by atoms with Crippen LogP contribution in [0.5, 0.6) is 5.75 Å². The average molecular weight is 1310 g/mol. The molecule has 5 rings (SSSR count). The minimum atomic E-state index is -5.19. The number of rotatable bonds is 23. The van der Waals surface area contributed by atoms with Crippen LogP contribution >= 0.6 is 27.5 Å². The number of benzene rings is 2. The molecule has 1 unspecified atom stereocenters. The molecule has 28 heteroatoms. The van der Waals surface area contributed by atoms with E-state index in [9.17, 15) is 43.5 Å². The highest BCUT2D eigenvalue weighted by Crippen LogP contribution is 2.49. The molecule has 0 saturated carbocycles. The molecule has 0 spiro atoms. The van der Waals surface area contributed by atoms with Gasteiger partial charge in [-0.05, 0) is 108 Å². The molecule has 0 aromatic heterocycles. The van der Waals surface area contributed by atoms with Crippen molar-refractivity contribution in [2.75, 3.05) is 48.7 Å². The molecule has 2 saturated heterocycles. The molecule has 3 heterocycles. The number of epoxide rings is 1. The van der Waals surface area contributed by atoms with Crippen LogP contribution in [0.25, 0.3) is 0 Å². The van der Waals surface area contributed by atoms with Gasteiger partial charge in [-0.15, -0.1) is 0 Å². The van der Waals surface area contributed by atoms with Crippen LogP contribution in [0.1, 0.15) is 105 Å². The number of methoxy groups -OCH3 is 2. The number of urea groups is 1. The number of fused-ring (bicyclic) bond motifs is 5. The number of aliphatic hydroxyl groups is 1. The summed E-state index contributed by atoms with van der Waals surface area (Å²) in [5.41, 5.74) is -0.0538. The van der Waals surface area contributed by atoms with Crippen molar-refractivity contribution in [2.45, 2.75) is 165 Å². The van der Waals surface area contributed by atoms with Crippen molar-refractivity contribution in [3.63, 3.8) is 0 Å². The lowest BCUT2D eigenvalue weighted by molar-refractivity contribution is -0.152. The molecule has 0 aliphatic carbocycles. The fourth-order valence-electron chi connectivity index (χ4n) is 10.3. The molecule has 10 atom stereocenters. The first kappa shape index (κ1) is 71.0. The van der Waals surface area contributed by atoms with Crippen LogP contribution < -0.4 is 47.3 Å². The maximum absolute atomic E-state index is 15.1. The van der Waals surface area contributed by atoms with Gasteiger partial charge in [0.2, 0.25) is 17.7 Å². The number of allylic oxidation sites excluding steroid dienone is 3. The number of aldehydes is 1. The van der Waals surface area contributed by atoms with Crippen LogP contribution in [0.4, 0.5) is 44.6 Å². The molecular weight excluding hydrogens is 1230 g/mol. The smallest absolute Gasteiger partial charge is 0.418 e. The van der Waals surface area contributed by atoms with Gasteiger partial charge in [0.25, 0.3) is 0 Å². The Labute approximate surface area is 516 Å². The molecule has 9 N–H and O–H groups in total. The first-order chi connectivity index (χ1) is 40.7. The van der Waals surface area contributed by atoms with Crippen LogP contribution in [0.15, 0.2) is 66.3 Å². The summed E-state index contributed by atoms with van der Waals surface area (Å²) in [6.07, 6.45) is -6.35. The van der Waals surface area contributed by atoms with Crippen molar-refractivity contribution in [3.05, 3.63) is 82.4 Å². The standard InChI is InChI=1S/C59H79BrClF3N8O15/c1-31(2)48(67-37(30-73)16-13-21-56(6,7)87-52(77)33(4)29-60)51(76)69-40(17-14-22-66-53(65)78)50(75)68-36-19-20-39(38(26-36)59(62,63)64)70-54(79)85-45-27-46(74)72(9)41-24-35(25-42(82-10)47(41)61)23-32(3)15-12-18-44(83-11)58(81)28-43(84-55(80)71-58)34(5)49-57(45,8)86-49/h12,15,18-20,24-26,30-31,34,37,40,43-45,48-49,67,81H,4,13-14,16-17,21-23,27-29H2,1-3,5-11H3,(H,68,75)(H,69,76)(H,70,79)(H,71,80)(H3,65,66,78)/b18-12+,32-15+/t34-,37?,40+,43+,44-,45+,48+,49+,57+,58+/m1/s1. The number of carbonyl (C=O) groups excluding carboxylic acids is 8. The number of nitrogens with zero attached hydrogens (tertiary/aromatic N) is 1. The van der Waals surface area contributed by atoms with Gasteiger partial charge in [-0.25, -0.2) is 19.2 Å². The number of hydrogen-bond acceptors (Lipinski definition) is 16. The maximum Gasteiger partial charge on any atom is 0.418 e. The van der Waals surface area contributed by atoms with E-state index in [0.29, 0.717) is 37.2 Å². The Balaban J connectivity index is 1.40. The van der Waals surface area contributed by atoms with Gasteiger partial charge in [0.1, 0.15) is 52.6 Å². The number of alkyl halides is 4. The second kappa shape index (κ2) is 30.4. The Morgan fingerprint density at radius 1 is 1.07 bits per heavy atom. The summed E-state index contributed by atoms with van der Waals surface area (Å²) in [5, 5.41) is 27.2. The Bertz CT molecular complexity index is 2950. The first-order valence-corrected chi connectivity index (χ1v) is 29.6. The van der Waals surface area contributed by atoms with Gasteiger partial charge in [-0.2, -0.15) is 13.2 Å². The number of primary amides is 1. The minimum Gasteiger partial charge on any atom is -0.495 e. The molecule has 480 valence electrons. The van der Waals surface area contributed by atoms with Gasteiger partial charge < -0.3 is 64.9 Å². The van der Waals surface area contributed by atoms with Crippen LogP contribution in [-0.4, -0.2) is 146 Å². The van der Waals surface area contributed by atoms with Crippen LogP contribution in [0.2, 0.25) is 5.02 Å². The van der Waals surface area contributed by atoms with Crippen molar-refractivity contribution in [2.24, 2.45) is 17.6 Å². The quantitative estimate of drug-likeness (QED) is 0.00997. The summed E-state index contributed by atoms with van der Waals surface area (Å²) in [4.78, 5) is 107. The Kier molecular flexibility index (Phi) is 24.8. The average Bonchev–Trinajstić information content (AvgIpc) is 1.60. The van der Waals surface area contributed by atoms with E-state index in [0.717, 1.165) is 17.7 Å². The van der Waals surface area contributed by atoms with Crippen LogP contribution in [0.3, 0.4) is 0 Å². The second-order valence-electron chi connectivity index (χ2n) is 23.0. The van der Waals surface area contributed by atoms with Gasteiger partial charge in [0.05, 0.1) is 48.7 Å². The molecule has 4 bridgehead atoms. The maximum atomic E-state index is 15.1. The molecule has 3 aliphatic heterocycles. The number of carbonyl (C=O) groups is 8. The normalized spacial score (nSPS) is 24.4. The molecular formula is C59H79BrClF3N8O15. The van der Waals surface area contributed by atoms with E-state index < -0.39 is 143 Å². The summed E-state index contributed by atoms with van der Waals surface area (Å²) < 4.78 is 79.7. The minimum absolute atomic E-state index is 0.0459. The first-order valence-electron chi connectivity index (χ1n) is 28.1. The SMILES string of the molecule is C=C(CBr)C(=O)OC(C)(C)CCCC(C=O)N[C@H](C(=O)N[C@@H](CCCNC(N)=O)C(=O)Nc1ccc(NC(=O)O[C@H]2CC(=O)N(C)c3cc(cc(OC)c3Cl)C/C(C)=C/C=C/[C@@H](OC)[C@@]3(O)C[C@H](OC(=O)N3)[C@@H](C)[C@@H]3O[C@@]23C)c(C(F)(F)F)c1)C(C)C. The van der Waals surface area contributed by atoms with E-state index >= 15 is 13.2 Å². The Hall–Kier alpha value is -6.78. The number of hydrogen-bond donors (Lipinski definition) is 8. The molecule has 87 heavy (non-hydrogen) atoms. The third-order valence-corrected chi connectivity index (χ3v) is 16.3. The zero-order chi connectivity index (χ0) is 64.9. The Morgan fingerprint density at radius 2 is 1.77 bits per heavy atom. The van der Waals surface area contributed by atoms with Gasteiger partial charge >= 0.3 is 30.4 Å². The third-order valence-electron chi connectivity index (χ3n) is 15.3. The Morgan fingerprint density at radius 3 is 2.39 bits per heavy atom. The molecule has 2 aromatic rings. The fraction of sp³-hybridized carbons (Fsp3) is 0.559. The molecule has 3 aliphatic rings. The summed E-state index contributed by atoms with van der Waals surface area (Å²) in [7, 11) is 4.17. The largest absolute Gasteiger partial charge is 0.495 e. The van der Waals surface area contributed by atoms with E-state index in [2.05, 4.69) is 54.4 Å². The highest BCUT2D eigenvalue weighted by molar-refractivity contribution is 9.09. The van der Waals surface area contributed by atoms with E-state index in [1.54, 1.807) is 65.0 Å². The van der Waals surface area contributed by atoms with Crippen molar-refractivity contribution < 1.29 is 85.1 Å². The topological polar surface area (TPSA) is 317 Å². The van der Waals surface area contributed by atoms with E-state index in [1.165, 1.54) is 33.1 Å². The number of halogens is 5. The van der Waals surface area contributed by atoms with Crippen molar-refractivity contribution in [1.29, 1.82) is 0 Å². The van der Waals surface area contributed by atoms with E-state index in [4.69, 9.17) is 45.8 Å². The molecule has 0 radical (unpaired) electrons. The van der Waals surface area contributed by atoms with Gasteiger partial charge in [0, 0.05) is 49.6 Å². The van der Waals surface area contributed by atoms with E-state index in [1.807, 2.05) is 6.92 Å². The monoisotopic (exact) mass is 1310 g/mol. The van der Waals surface area contributed by atoms with Gasteiger partial charge in [-0.1, -0.05) is 78.7 Å². The predicted molar refractivity (Wildman–Crippen MR) is 320 cm³/mol. The predicted octanol–water partition coefficient (Wildman–Crippen LogP) is 7.89. The number of esters is 1. The number of alkyl carbamates (subject to hydrolysis) is 1. The van der Waals surface area contributed by atoms with Crippen molar-refractivity contribution in [3.8, 4) is 5.75 Å². The summed E-state index contributed by atoms with van der Waals surface area (Å²) in [6.45, 7) is 15.4. The summed E-state index contributed by atoms with van der Waals surface area (Å²) >= 11 is 9.96. The van der Waals surface area contributed by atoms with Crippen molar-refractivity contribution >= 4 is 92.8 Å². The zero-order valence-electron chi connectivity index (χ0n) is 50.2. The van der Waals surface area contributed by atoms with E-state index in [-0.39, 0.29) is 59.6 Å². The lowest BCUT2D eigenvalue weighted by Gasteiger charge is -2.42. The molecule has 2 aromatic carbocycles. The second-order valence-corrected chi connectivity index (χ2v) is 23.9. The van der Waals surface area contributed by atoms with Crippen LogP contribution in [-0.2, 0) is 60.3 Å². The highest BCUT2D eigenvalue weighted by atomic mass is 79.9. The number of nitrogens with one attached hydrogen (secondary N) is 6. The van der Waals surface area contributed by atoms with Crippen LogP contribution in [0, 0.1) is 11.8 Å². The number of amides is 7. The van der Waals surface area contributed by atoms with Gasteiger partial charge in [-0.3, -0.25) is 30.3 Å². The third kappa shape index (κ3) is 19.4. The van der Waals surface area contributed by atoms with Crippen molar-refractivity contribution in [1.82, 2.24) is 21.3 Å². The fourth-order valence-corrected chi connectivity index (χ4v) is 10.8. The van der Waals surface area contributed by atoms with Gasteiger partial charge in [0.15, 0.2) is 5.72 Å². The summed E-state index contributed by atoms with van der Waals surface area (Å²) in [5.74, 6) is -3.99. The summed E-state index contributed by atoms with van der Waals surface area (Å²) in [6, 6.07) is 1.55. The number of nitrogens with two attached hydrogens (primary N) is 1. The molecule has 2 fully saturated rings. The molecule has 7 amide bonds. The highest BCUT2D eigenvalue weighted by Gasteiger charge is 2.64.